The maximum atomic E-state index is 2.41. The molecule has 0 saturated carbocycles. The van der Waals surface area contributed by atoms with Crippen molar-refractivity contribution in [2.45, 2.75) is 0 Å². The molecule has 0 radical (unpaired) electrons. The SMILES string of the molecule is c1ccc(-n2cc(-c3cccc4c3sc3c(-c5ccc6c7ccccc7c7ccccc7c6c5)cccc34)c3ccccc32)cc1. The smallest absolute Gasteiger partial charge is 0.0534 e. The van der Waals surface area contributed by atoms with Crippen molar-refractivity contribution in [2.24, 2.45) is 0 Å². The largest absolute Gasteiger partial charge is 0.316 e. The summed E-state index contributed by atoms with van der Waals surface area (Å²) in [5.74, 6) is 0. The minimum Gasteiger partial charge on any atom is -0.316 e. The fourth-order valence-corrected chi connectivity index (χ4v) is 8.90. The first-order chi connectivity index (χ1) is 22.8. The zero-order valence-corrected chi connectivity index (χ0v) is 25.8. The Kier molecular flexibility index (Phi) is 5.51. The number of fused-ring (bicyclic) bond motifs is 10. The molecular weight excluding hydrogens is 575 g/mol. The maximum Gasteiger partial charge on any atom is 0.0534 e. The molecule has 0 fully saturated rings. The highest BCUT2D eigenvalue weighted by Gasteiger charge is 2.18. The van der Waals surface area contributed by atoms with Gasteiger partial charge in [-0.15, -0.1) is 11.3 Å². The molecule has 0 aliphatic rings. The molecule has 0 aliphatic carbocycles. The van der Waals surface area contributed by atoms with Gasteiger partial charge in [0.1, 0.15) is 0 Å². The van der Waals surface area contributed by atoms with Crippen LogP contribution in [-0.4, -0.2) is 4.57 Å². The van der Waals surface area contributed by atoms with Gasteiger partial charge in [0.05, 0.1) is 5.52 Å². The van der Waals surface area contributed by atoms with Crippen LogP contribution >= 0.6 is 11.3 Å². The Morgan fingerprint density at radius 3 is 1.57 bits per heavy atom. The Bertz CT molecular complexity index is 2760. The van der Waals surface area contributed by atoms with E-state index in [0.29, 0.717) is 0 Å². The Morgan fingerprint density at radius 2 is 0.870 bits per heavy atom. The van der Waals surface area contributed by atoms with Crippen LogP contribution < -0.4 is 0 Å². The molecule has 8 aromatic carbocycles. The average molecular weight is 602 g/mol. The third-order valence-corrected chi connectivity index (χ3v) is 10.9. The molecule has 0 amide bonds. The predicted octanol–water partition coefficient (Wildman–Crippen LogP) is 12.8. The van der Waals surface area contributed by atoms with E-state index in [0.717, 1.165) is 0 Å². The lowest BCUT2D eigenvalue weighted by atomic mass is 9.92. The average Bonchev–Trinajstić information content (AvgIpc) is 3.71. The van der Waals surface area contributed by atoms with Gasteiger partial charge in [-0.3, -0.25) is 0 Å². The Hall–Kier alpha value is -5.70. The number of thiophene rings is 1. The molecule has 1 nitrogen and oxygen atoms in total. The quantitative estimate of drug-likeness (QED) is 0.178. The highest BCUT2D eigenvalue weighted by molar-refractivity contribution is 7.26. The number of para-hydroxylation sites is 2. The second kappa shape index (κ2) is 9.90. The van der Waals surface area contributed by atoms with E-state index in [2.05, 4.69) is 168 Å². The molecule has 10 aromatic rings. The first-order valence-corrected chi connectivity index (χ1v) is 16.6. The van der Waals surface area contributed by atoms with Gasteiger partial charge in [-0.1, -0.05) is 133 Å². The zero-order valence-electron chi connectivity index (χ0n) is 24.9. The monoisotopic (exact) mass is 601 g/mol. The van der Waals surface area contributed by atoms with Gasteiger partial charge < -0.3 is 4.57 Å². The third-order valence-electron chi connectivity index (χ3n) is 9.62. The van der Waals surface area contributed by atoms with Gasteiger partial charge in [0.2, 0.25) is 0 Å². The molecular formula is C44H27NS. The summed E-state index contributed by atoms with van der Waals surface area (Å²) in [6.45, 7) is 0. The van der Waals surface area contributed by atoms with Crippen molar-refractivity contribution >= 4 is 74.7 Å². The van der Waals surface area contributed by atoms with Crippen LogP contribution in [0.4, 0.5) is 0 Å². The molecule has 0 spiro atoms. The first-order valence-electron chi connectivity index (χ1n) is 15.8. The fourth-order valence-electron chi connectivity index (χ4n) is 7.53. The van der Waals surface area contributed by atoms with E-state index in [9.17, 15) is 0 Å². The third kappa shape index (κ3) is 3.68. The van der Waals surface area contributed by atoms with Crippen molar-refractivity contribution in [3.05, 3.63) is 164 Å². The van der Waals surface area contributed by atoms with Crippen LogP contribution in [0.15, 0.2) is 164 Å². The normalized spacial score (nSPS) is 11.9. The van der Waals surface area contributed by atoms with Crippen molar-refractivity contribution in [2.75, 3.05) is 0 Å². The van der Waals surface area contributed by atoms with Crippen molar-refractivity contribution in [1.29, 1.82) is 0 Å². The van der Waals surface area contributed by atoms with E-state index in [1.807, 2.05) is 11.3 Å². The van der Waals surface area contributed by atoms with Crippen molar-refractivity contribution in [1.82, 2.24) is 4.57 Å². The summed E-state index contributed by atoms with van der Waals surface area (Å²) in [6.07, 6.45) is 2.32. The molecule has 0 N–H and O–H groups in total. The van der Waals surface area contributed by atoms with Crippen molar-refractivity contribution in [3.8, 4) is 27.9 Å². The lowest BCUT2D eigenvalue weighted by Gasteiger charge is -2.12. The number of hydrogen-bond donors (Lipinski definition) is 0. The topological polar surface area (TPSA) is 4.93 Å². The van der Waals surface area contributed by atoms with Gasteiger partial charge >= 0.3 is 0 Å². The zero-order chi connectivity index (χ0) is 30.2. The lowest BCUT2D eigenvalue weighted by molar-refractivity contribution is 1.13. The van der Waals surface area contributed by atoms with Crippen LogP contribution in [-0.2, 0) is 0 Å². The molecule has 2 aromatic heterocycles. The summed E-state index contributed by atoms with van der Waals surface area (Å²) in [4.78, 5) is 0. The lowest BCUT2D eigenvalue weighted by Crippen LogP contribution is -1.90. The minimum absolute atomic E-state index is 1.17. The number of rotatable bonds is 3. The minimum atomic E-state index is 1.17. The Labute approximate surface area is 270 Å². The standard InChI is InChI=1S/C44H27NS/c1-2-12-29(13-3-1)45-27-41(36-18-8-9-23-42(36)45)39-22-11-21-38-37-20-10-19-30(43(37)46-44(38)39)28-24-25-35-33-16-5-4-14-31(33)32-15-6-7-17-34(32)40(35)26-28/h1-27H. The van der Waals surface area contributed by atoms with E-state index >= 15 is 0 Å². The molecule has 0 saturated heterocycles. The summed E-state index contributed by atoms with van der Waals surface area (Å²) >= 11 is 1.92. The molecule has 46 heavy (non-hydrogen) atoms. The summed E-state index contributed by atoms with van der Waals surface area (Å²) in [7, 11) is 0. The van der Waals surface area contributed by atoms with Gasteiger partial charge in [-0.25, -0.2) is 0 Å². The predicted molar refractivity (Wildman–Crippen MR) is 200 cm³/mol. The number of aromatic nitrogens is 1. The van der Waals surface area contributed by atoms with Gasteiger partial charge in [0.15, 0.2) is 0 Å². The van der Waals surface area contributed by atoms with E-state index in [4.69, 9.17) is 0 Å². The first kappa shape index (κ1) is 25.6. The van der Waals surface area contributed by atoms with Crippen LogP contribution in [0.2, 0.25) is 0 Å². The molecule has 10 rings (SSSR count). The number of hydrogen-bond acceptors (Lipinski definition) is 1. The molecule has 214 valence electrons. The van der Waals surface area contributed by atoms with Gasteiger partial charge in [0, 0.05) is 48.6 Å². The van der Waals surface area contributed by atoms with Crippen LogP contribution in [0.25, 0.3) is 91.3 Å². The fraction of sp³-hybridized carbons (Fsp3) is 0. The summed E-state index contributed by atoms with van der Waals surface area (Å²) in [6, 6.07) is 57.7. The molecule has 0 unspecified atom stereocenters. The van der Waals surface area contributed by atoms with Crippen LogP contribution in [0, 0.1) is 0 Å². The van der Waals surface area contributed by atoms with Crippen LogP contribution in [0.3, 0.4) is 0 Å². The summed E-state index contributed by atoms with van der Waals surface area (Å²) in [5, 5.41) is 11.7. The maximum absolute atomic E-state index is 2.41. The second-order valence-corrected chi connectivity index (χ2v) is 13.1. The van der Waals surface area contributed by atoms with Gasteiger partial charge in [-0.05, 0) is 67.7 Å². The number of benzene rings is 8. The van der Waals surface area contributed by atoms with Crippen molar-refractivity contribution < 1.29 is 0 Å². The van der Waals surface area contributed by atoms with E-state index in [-0.39, 0.29) is 0 Å². The van der Waals surface area contributed by atoms with Crippen LogP contribution in [0.5, 0.6) is 0 Å². The highest BCUT2D eigenvalue weighted by atomic mass is 32.1. The Balaban J connectivity index is 1.22. The van der Waals surface area contributed by atoms with Gasteiger partial charge in [-0.2, -0.15) is 0 Å². The van der Waals surface area contributed by atoms with Gasteiger partial charge in [0.25, 0.3) is 0 Å². The molecule has 2 heterocycles. The summed E-state index contributed by atoms with van der Waals surface area (Å²) < 4.78 is 4.99. The molecule has 0 atom stereocenters. The number of nitrogens with zero attached hydrogens (tertiary/aromatic N) is 1. The summed E-state index contributed by atoms with van der Waals surface area (Å²) in [5.41, 5.74) is 7.49. The van der Waals surface area contributed by atoms with E-state index < -0.39 is 0 Å². The van der Waals surface area contributed by atoms with E-state index in [1.165, 1.54) is 91.3 Å². The molecule has 0 aliphatic heterocycles. The second-order valence-electron chi connectivity index (χ2n) is 12.1. The highest BCUT2D eigenvalue weighted by Crippen LogP contribution is 2.46. The van der Waals surface area contributed by atoms with Crippen molar-refractivity contribution in [3.63, 3.8) is 0 Å². The Morgan fingerprint density at radius 1 is 0.348 bits per heavy atom. The van der Waals surface area contributed by atoms with Crippen LogP contribution in [0.1, 0.15) is 0 Å². The molecule has 2 heteroatoms. The molecule has 0 bridgehead atoms. The van der Waals surface area contributed by atoms with E-state index in [1.54, 1.807) is 0 Å².